The Morgan fingerprint density at radius 1 is 1.28 bits per heavy atom. The number of benzene rings is 1. The van der Waals surface area contributed by atoms with Crippen molar-refractivity contribution in [2.75, 3.05) is 0 Å². The summed E-state index contributed by atoms with van der Waals surface area (Å²) in [5.41, 5.74) is -0.572. The third kappa shape index (κ3) is 5.36. The number of hydrogen-bond donors (Lipinski definition) is 1. The molecule has 0 saturated carbocycles. The number of amides is 1. The highest BCUT2D eigenvalue weighted by molar-refractivity contribution is 8.00. The minimum Gasteiger partial charge on any atom is -0.337 e. The van der Waals surface area contributed by atoms with Crippen molar-refractivity contribution in [2.24, 2.45) is 11.8 Å². The van der Waals surface area contributed by atoms with Crippen molar-refractivity contribution in [3.63, 3.8) is 0 Å². The summed E-state index contributed by atoms with van der Waals surface area (Å²) < 4.78 is 16.2. The van der Waals surface area contributed by atoms with Gasteiger partial charge in [0, 0.05) is 6.54 Å². The van der Waals surface area contributed by atoms with Crippen molar-refractivity contribution in [2.45, 2.75) is 64.0 Å². The Morgan fingerprint density at radius 2 is 1.93 bits per heavy atom. The number of nitriles is 1. The standard InChI is InChI=1S/C21H28FN5OS/c1-13(2)11-27-18(16-9-7-8-10-17(16)22)25-26-20(27)29-15(5)19(28)24-21(6,12-23)14(3)4/h7-10,13-15H,11H2,1-6H3,(H,24,28). The summed E-state index contributed by atoms with van der Waals surface area (Å²) in [6.07, 6.45) is 0. The third-order valence-corrected chi connectivity index (χ3v) is 5.88. The Balaban J connectivity index is 2.30. The third-order valence-electron chi connectivity index (χ3n) is 4.80. The summed E-state index contributed by atoms with van der Waals surface area (Å²) >= 11 is 1.25. The molecule has 1 aromatic carbocycles. The van der Waals surface area contributed by atoms with Crippen molar-refractivity contribution in [1.82, 2.24) is 20.1 Å². The zero-order valence-corrected chi connectivity index (χ0v) is 18.5. The maximum Gasteiger partial charge on any atom is 0.234 e. The Hall–Kier alpha value is -2.40. The fourth-order valence-electron chi connectivity index (χ4n) is 2.62. The molecule has 1 aromatic heterocycles. The van der Waals surface area contributed by atoms with Gasteiger partial charge in [-0.2, -0.15) is 5.26 Å². The molecule has 0 fully saturated rings. The molecule has 0 radical (unpaired) electrons. The number of hydrogen-bond acceptors (Lipinski definition) is 5. The molecule has 6 nitrogen and oxygen atoms in total. The summed E-state index contributed by atoms with van der Waals surface area (Å²) in [5.74, 6) is 0.0675. The van der Waals surface area contributed by atoms with Gasteiger partial charge < -0.3 is 9.88 Å². The minimum absolute atomic E-state index is 0.0362. The number of rotatable bonds is 8. The molecule has 1 heterocycles. The number of nitrogens with one attached hydrogen (secondary N) is 1. The number of carbonyl (C=O) groups excluding carboxylic acids is 1. The first kappa shape index (κ1) is 22.9. The van der Waals surface area contributed by atoms with Crippen LogP contribution in [0.25, 0.3) is 11.4 Å². The first-order chi connectivity index (χ1) is 13.6. The molecule has 0 aliphatic rings. The number of thioether (sulfide) groups is 1. The Morgan fingerprint density at radius 3 is 2.48 bits per heavy atom. The van der Waals surface area contributed by atoms with Crippen molar-refractivity contribution in [1.29, 1.82) is 5.26 Å². The lowest BCUT2D eigenvalue weighted by atomic mass is 9.90. The van der Waals surface area contributed by atoms with Gasteiger partial charge in [-0.05, 0) is 37.8 Å². The predicted octanol–water partition coefficient (Wildman–Crippen LogP) is 4.28. The quantitative estimate of drug-likeness (QED) is 0.648. The van der Waals surface area contributed by atoms with E-state index in [1.807, 2.05) is 18.4 Å². The van der Waals surface area contributed by atoms with E-state index >= 15 is 0 Å². The molecule has 1 amide bonds. The van der Waals surface area contributed by atoms with Crippen molar-refractivity contribution in [3.05, 3.63) is 30.1 Å². The van der Waals surface area contributed by atoms with Gasteiger partial charge in [-0.15, -0.1) is 10.2 Å². The van der Waals surface area contributed by atoms with E-state index in [1.165, 1.54) is 17.8 Å². The van der Waals surface area contributed by atoms with E-state index in [0.29, 0.717) is 23.1 Å². The van der Waals surface area contributed by atoms with Gasteiger partial charge in [0.1, 0.15) is 11.4 Å². The molecule has 29 heavy (non-hydrogen) atoms. The second-order valence-corrected chi connectivity index (χ2v) is 9.32. The number of nitrogens with zero attached hydrogens (tertiary/aromatic N) is 4. The monoisotopic (exact) mass is 417 g/mol. The van der Waals surface area contributed by atoms with Gasteiger partial charge in [-0.1, -0.05) is 51.6 Å². The summed E-state index contributed by atoms with van der Waals surface area (Å²) in [6.45, 7) is 11.9. The highest BCUT2D eigenvalue weighted by Gasteiger charge is 2.32. The van der Waals surface area contributed by atoms with E-state index < -0.39 is 10.8 Å². The number of carbonyl (C=O) groups is 1. The Bertz CT molecular complexity index is 905. The van der Waals surface area contributed by atoms with Gasteiger partial charge in [0.15, 0.2) is 11.0 Å². The maximum absolute atomic E-state index is 14.3. The summed E-state index contributed by atoms with van der Waals surface area (Å²) in [5, 5.41) is 20.7. The van der Waals surface area contributed by atoms with Crippen LogP contribution >= 0.6 is 11.8 Å². The van der Waals surface area contributed by atoms with Crippen LogP contribution in [0.4, 0.5) is 4.39 Å². The van der Waals surface area contributed by atoms with Gasteiger partial charge in [0.05, 0.1) is 16.9 Å². The molecule has 2 atom stereocenters. The van der Waals surface area contributed by atoms with Gasteiger partial charge >= 0.3 is 0 Å². The van der Waals surface area contributed by atoms with Crippen LogP contribution in [-0.2, 0) is 11.3 Å². The first-order valence-corrected chi connectivity index (χ1v) is 10.5. The molecule has 2 unspecified atom stereocenters. The van der Waals surface area contributed by atoms with Crippen LogP contribution in [0.2, 0.25) is 0 Å². The lowest BCUT2D eigenvalue weighted by Gasteiger charge is -2.28. The molecule has 2 aromatic rings. The van der Waals surface area contributed by atoms with Crippen LogP contribution in [0.15, 0.2) is 29.4 Å². The van der Waals surface area contributed by atoms with E-state index in [0.717, 1.165) is 0 Å². The van der Waals surface area contributed by atoms with Crippen LogP contribution in [0.3, 0.4) is 0 Å². The highest BCUT2D eigenvalue weighted by Crippen LogP contribution is 2.29. The van der Waals surface area contributed by atoms with E-state index in [2.05, 4.69) is 35.4 Å². The summed E-state index contributed by atoms with van der Waals surface area (Å²) in [7, 11) is 0. The van der Waals surface area contributed by atoms with Gasteiger partial charge in [0.2, 0.25) is 5.91 Å². The average Bonchev–Trinajstić information content (AvgIpc) is 3.03. The summed E-state index contributed by atoms with van der Waals surface area (Å²) in [6, 6.07) is 8.62. The van der Waals surface area contributed by atoms with E-state index in [1.54, 1.807) is 32.0 Å². The van der Waals surface area contributed by atoms with Crippen LogP contribution in [0.1, 0.15) is 41.5 Å². The van der Waals surface area contributed by atoms with Crippen molar-refractivity contribution in [3.8, 4) is 17.5 Å². The molecule has 1 N–H and O–H groups in total. The summed E-state index contributed by atoms with van der Waals surface area (Å²) in [4.78, 5) is 12.7. The predicted molar refractivity (Wildman–Crippen MR) is 113 cm³/mol. The maximum atomic E-state index is 14.3. The molecule has 0 spiro atoms. The number of aromatic nitrogens is 3. The van der Waals surface area contributed by atoms with E-state index in [4.69, 9.17) is 0 Å². The van der Waals surface area contributed by atoms with Gasteiger partial charge in [-0.25, -0.2) is 4.39 Å². The molecule has 0 saturated heterocycles. The van der Waals surface area contributed by atoms with Crippen molar-refractivity contribution >= 4 is 17.7 Å². The zero-order chi connectivity index (χ0) is 21.8. The molecule has 156 valence electrons. The van der Waals surface area contributed by atoms with Crippen LogP contribution in [0.5, 0.6) is 0 Å². The molecular weight excluding hydrogens is 389 g/mol. The lowest BCUT2D eigenvalue weighted by molar-refractivity contribution is -0.121. The molecule has 0 bridgehead atoms. The SMILES string of the molecule is CC(C)Cn1c(SC(C)C(=O)NC(C)(C#N)C(C)C)nnc1-c1ccccc1F. The smallest absolute Gasteiger partial charge is 0.234 e. The van der Waals surface area contributed by atoms with Gasteiger partial charge in [0.25, 0.3) is 0 Å². The lowest BCUT2D eigenvalue weighted by Crippen LogP contribution is -2.51. The van der Waals surface area contributed by atoms with E-state index in [-0.39, 0.29) is 23.6 Å². The second kappa shape index (κ2) is 9.40. The van der Waals surface area contributed by atoms with E-state index in [9.17, 15) is 14.4 Å². The largest absolute Gasteiger partial charge is 0.337 e. The fourth-order valence-corrected chi connectivity index (χ4v) is 3.48. The minimum atomic E-state index is -0.949. The molecule has 2 rings (SSSR count). The Kier molecular flexibility index (Phi) is 7.42. The zero-order valence-electron chi connectivity index (χ0n) is 17.7. The molecular formula is C21H28FN5OS. The van der Waals surface area contributed by atoms with Crippen LogP contribution in [-0.4, -0.2) is 31.5 Å². The highest BCUT2D eigenvalue weighted by atomic mass is 32.2. The van der Waals surface area contributed by atoms with Crippen LogP contribution < -0.4 is 5.32 Å². The first-order valence-electron chi connectivity index (χ1n) is 9.67. The number of halogens is 1. The second-order valence-electron chi connectivity index (χ2n) is 8.01. The molecule has 0 aliphatic heterocycles. The van der Waals surface area contributed by atoms with Crippen LogP contribution in [0, 0.1) is 29.0 Å². The average molecular weight is 418 g/mol. The topological polar surface area (TPSA) is 83.6 Å². The normalized spacial score (nSPS) is 14.5. The van der Waals surface area contributed by atoms with Gasteiger partial charge in [-0.3, -0.25) is 4.79 Å². The van der Waals surface area contributed by atoms with Crippen molar-refractivity contribution < 1.29 is 9.18 Å². The Labute approximate surface area is 175 Å². The fraction of sp³-hybridized carbons (Fsp3) is 0.524. The molecule has 8 heteroatoms. The molecule has 0 aliphatic carbocycles.